The van der Waals surface area contributed by atoms with E-state index < -0.39 is 0 Å². The number of imidazole rings is 1. The maximum absolute atomic E-state index is 12.7. The molecule has 1 aromatic heterocycles. The monoisotopic (exact) mass is 354 g/mol. The second kappa shape index (κ2) is 7.11. The average molecular weight is 354 g/mol. The Balaban J connectivity index is 1.50. The fourth-order valence-corrected chi connectivity index (χ4v) is 3.91. The van der Waals surface area contributed by atoms with Crippen LogP contribution in [0.1, 0.15) is 31.2 Å². The molecule has 0 spiro atoms. The summed E-state index contributed by atoms with van der Waals surface area (Å²) in [4.78, 5) is 25.2. The summed E-state index contributed by atoms with van der Waals surface area (Å²) in [6.07, 6.45) is 3.13. The zero-order valence-corrected chi connectivity index (χ0v) is 15.5. The van der Waals surface area contributed by atoms with Crippen molar-refractivity contribution in [2.75, 3.05) is 26.7 Å². The highest BCUT2D eigenvalue weighted by atomic mass is 16.5. The molecule has 6 heteroatoms. The number of nitrogens with one attached hydrogen (secondary N) is 1. The molecule has 1 aromatic carbocycles. The number of aromatic amines is 1. The second-order valence-corrected chi connectivity index (χ2v) is 7.17. The van der Waals surface area contributed by atoms with Crippen molar-refractivity contribution in [2.24, 2.45) is 0 Å². The summed E-state index contributed by atoms with van der Waals surface area (Å²) in [5.41, 5.74) is 3.25. The van der Waals surface area contributed by atoms with Gasteiger partial charge in [-0.1, -0.05) is 12.1 Å². The van der Waals surface area contributed by atoms with Crippen LogP contribution in [0.5, 0.6) is 5.75 Å². The Morgan fingerprint density at radius 2 is 2.08 bits per heavy atom. The van der Waals surface area contributed by atoms with Crippen LogP contribution < -0.4 is 4.74 Å². The number of amides is 1. The summed E-state index contributed by atoms with van der Waals surface area (Å²) in [6.45, 7) is 5.47. The van der Waals surface area contributed by atoms with E-state index in [1.807, 2.05) is 36.1 Å². The van der Waals surface area contributed by atoms with Gasteiger partial charge in [0.2, 0.25) is 5.91 Å². The topological polar surface area (TPSA) is 61.5 Å². The second-order valence-electron chi connectivity index (χ2n) is 7.17. The van der Waals surface area contributed by atoms with E-state index in [4.69, 9.17) is 9.72 Å². The summed E-state index contributed by atoms with van der Waals surface area (Å²) in [5.74, 6) is 1.95. The molecular formula is C20H26N4O2. The summed E-state index contributed by atoms with van der Waals surface area (Å²) in [5, 5.41) is 0. The Hall–Kier alpha value is -2.34. The maximum Gasteiger partial charge on any atom is 0.239 e. The van der Waals surface area contributed by atoms with Gasteiger partial charge in [0.15, 0.2) is 0 Å². The molecule has 138 valence electrons. The van der Waals surface area contributed by atoms with Crippen molar-refractivity contribution in [3.8, 4) is 17.1 Å². The third-order valence-electron chi connectivity index (χ3n) is 5.53. The lowest BCUT2D eigenvalue weighted by atomic mass is 10.1. The van der Waals surface area contributed by atoms with Crippen molar-refractivity contribution in [1.29, 1.82) is 0 Å². The van der Waals surface area contributed by atoms with Crippen LogP contribution in [0.3, 0.4) is 0 Å². The van der Waals surface area contributed by atoms with Gasteiger partial charge >= 0.3 is 0 Å². The van der Waals surface area contributed by atoms with Crippen LogP contribution in [-0.2, 0) is 17.8 Å². The van der Waals surface area contributed by atoms with E-state index in [1.165, 1.54) is 0 Å². The number of H-pyrrole nitrogens is 1. The summed E-state index contributed by atoms with van der Waals surface area (Å²) >= 11 is 0. The number of likely N-dealkylation sites (tertiary alicyclic amines) is 1. The number of carbonyl (C=O) groups is 1. The molecule has 1 atom stereocenters. The van der Waals surface area contributed by atoms with Gasteiger partial charge in [0, 0.05) is 38.2 Å². The smallest absolute Gasteiger partial charge is 0.239 e. The number of nitrogens with zero attached hydrogens (tertiary/aromatic N) is 3. The van der Waals surface area contributed by atoms with Crippen molar-refractivity contribution >= 4 is 5.91 Å². The Morgan fingerprint density at radius 1 is 1.27 bits per heavy atom. The largest absolute Gasteiger partial charge is 0.497 e. The minimum absolute atomic E-state index is 0.0789. The van der Waals surface area contributed by atoms with Crippen molar-refractivity contribution in [1.82, 2.24) is 19.8 Å². The first-order valence-electron chi connectivity index (χ1n) is 9.40. The normalized spacial score (nSPS) is 18.6. The molecule has 1 amide bonds. The van der Waals surface area contributed by atoms with Crippen LogP contribution in [0, 0.1) is 0 Å². The molecule has 2 aromatic rings. The van der Waals surface area contributed by atoms with Gasteiger partial charge in [-0.05, 0) is 31.9 Å². The lowest BCUT2D eigenvalue weighted by molar-refractivity contribution is -0.135. The Labute approximate surface area is 154 Å². The molecule has 1 N–H and O–H groups in total. The van der Waals surface area contributed by atoms with E-state index in [2.05, 4.69) is 9.88 Å². The van der Waals surface area contributed by atoms with Gasteiger partial charge in [0.05, 0.1) is 24.5 Å². The molecular weight excluding hydrogens is 328 g/mol. The SMILES string of the molecule is COc1cccc(-c2nc3c([nH]2)CN([C@@H](C)C(=O)N2CCCC2)CC3)c1. The number of hydrogen-bond acceptors (Lipinski definition) is 4. The van der Waals surface area contributed by atoms with Gasteiger partial charge in [-0.3, -0.25) is 9.69 Å². The first-order chi connectivity index (χ1) is 12.7. The maximum atomic E-state index is 12.7. The van der Waals surface area contributed by atoms with Crippen LogP contribution in [0.25, 0.3) is 11.4 Å². The van der Waals surface area contributed by atoms with E-state index in [-0.39, 0.29) is 11.9 Å². The van der Waals surface area contributed by atoms with Gasteiger partial charge < -0.3 is 14.6 Å². The number of aromatic nitrogens is 2. The number of rotatable bonds is 4. The molecule has 3 heterocycles. The van der Waals surface area contributed by atoms with Crippen molar-refractivity contribution in [3.63, 3.8) is 0 Å². The number of benzene rings is 1. The summed E-state index contributed by atoms with van der Waals surface area (Å²) < 4.78 is 5.31. The molecule has 4 rings (SSSR count). The van der Waals surface area contributed by atoms with Gasteiger partial charge in [0.25, 0.3) is 0 Å². The number of methoxy groups -OCH3 is 1. The first kappa shape index (κ1) is 17.1. The van der Waals surface area contributed by atoms with Crippen molar-refractivity contribution in [3.05, 3.63) is 35.7 Å². The Morgan fingerprint density at radius 3 is 2.85 bits per heavy atom. The highest BCUT2D eigenvalue weighted by Gasteiger charge is 2.31. The predicted octanol–water partition coefficient (Wildman–Crippen LogP) is 2.45. The quantitative estimate of drug-likeness (QED) is 0.916. The van der Waals surface area contributed by atoms with E-state index in [9.17, 15) is 4.79 Å². The van der Waals surface area contributed by atoms with Crippen LogP contribution in [-0.4, -0.2) is 58.5 Å². The van der Waals surface area contributed by atoms with E-state index in [0.29, 0.717) is 0 Å². The van der Waals surface area contributed by atoms with Crippen LogP contribution in [0.15, 0.2) is 24.3 Å². The number of carbonyl (C=O) groups excluding carboxylic acids is 1. The molecule has 0 aliphatic carbocycles. The molecule has 26 heavy (non-hydrogen) atoms. The lowest BCUT2D eigenvalue weighted by Gasteiger charge is -2.33. The van der Waals surface area contributed by atoms with Gasteiger partial charge in [-0.15, -0.1) is 0 Å². The molecule has 1 fully saturated rings. The van der Waals surface area contributed by atoms with Crippen LogP contribution in [0.4, 0.5) is 0 Å². The Bertz CT molecular complexity index is 795. The number of ether oxygens (including phenoxy) is 1. The minimum Gasteiger partial charge on any atom is -0.497 e. The number of hydrogen-bond donors (Lipinski definition) is 1. The molecule has 2 aliphatic heterocycles. The Kier molecular flexibility index (Phi) is 4.68. The standard InChI is InChI=1S/C20H26N4O2/c1-14(20(25)23-9-3-4-10-23)24-11-8-17-18(13-24)22-19(21-17)15-6-5-7-16(12-15)26-2/h5-7,12,14H,3-4,8-11,13H2,1-2H3,(H,21,22)/t14-/m0/s1. The zero-order valence-electron chi connectivity index (χ0n) is 15.5. The van der Waals surface area contributed by atoms with Crippen LogP contribution >= 0.6 is 0 Å². The van der Waals surface area contributed by atoms with Crippen molar-refractivity contribution in [2.45, 2.75) is 38.8 Å². The van der Waals surface area contributed by atoms with Gasteiger partial charge in [0.1, 0.15) is 11.6 Å². The summed E-state index contributed by atoms with van der Waals surface area (Å²) in [6, 6.07) is 7.84. The minimum atomic E-state index is -0.0789. The van der Waals surface area contributed by atoms with Crippen LogP contribution in [0.2, 0.25) is 0 Å². The average Bonchev–Trinajstić information content (AvgIpc) is 3.36. The molecule has 1 saturated heterocycles. The summed E-state index contributed by atoms with van der Waals surface area (Å²) in [7, 11) is 1.67. The molecule has 6 nitrogen and oxygen atoms in total. The van der Waals surface area contributed by atoms with E-state index >= 15 is 0 Å². The lowest BCUT2D eigenvalue weighted by Crippen LogP contribution is -2.47. The molecule has 0 radical (unpaired) electrons. The van der Waals surface area contributed by atoms with Crippen molar-refractivity contribution < 1.29 is 9.53 Å². The van der Waals surface area contributed by atoms with Gasteiger partial charge in [-0.25, -0.2) is 4.98 Å². The highest BCUT2D eigenvalue weighted by Crippen LogP contribution is 2.26. The number of fused-ring (bicyclic) bond motifs is 1. The zero-order chi connectivity index (χ0) is 18.1. The third kappa shape index (κ3) is 3.21. The predicted molar refractivity (Wildman–Crippen MR) is 100.0 cm³/mol. The fraction of sp³-hybridized carbons (Fsp3) is 0.500. The highest BCUT2D eigenvalue weighted by molar-refractivity contribution is 5.81. The molecule has 0 saturated carbocycles. The molecule has 2 aliphatic rings. The molecule has 0 unspecified atom stereocenters. The van der Waals surface area contributed by atoms with Gasteiger partial charge in [-0.2, -0.15) is 0 Å². The van der Waals surface area contributed by atoms with E-state index in [1.54, 1.807) is 7.11 Å². The first-order valence-corrected chi connectivity index (χ1v) is 9.40. The fourth-order valence-electron chi connectivity index (χ4n) is 3.91. The third-order valence-corrected chi connectivity index (χ3v) is 5.53. The molecule has 0 bridgehead atoms. The van der Waals surface area contributed by atoms with E-state index in [0.717, 1.165) is 74.0 Å².